The van der Waals surface area contributed by atoms with E-state index >= 15 is 0 Å². The second-order valence-electron chi connectivity index (χ2n) is 4.36. The van der Waals surface area contributed by atoms with Crippen LogP contribution in [-0.4, -0.2) is 12.6 Å². The van der Waals surface area contributed by atoms with Gasteiger partial charge in [0.1, 0.15) is 0 Å². The summed E-state index contributed by atoms with van der Waals surface area (Å²) >= 11 is 1.83. The minimum atomic E-state index is 0.273. The predicted molar refractivity (Wildman–Crippen MR) is 71.6 cm³/mol. The van der Waals surface area contributed by atoms with Crippen molar-refractivity contribution in [3.8, 4) is 0 Å². The van der Waals surface area contributed by atoms with Crippen LogP contribution in [0.25, 0.3) is 0 Å². The van der Waals surface area contributed by atoms with Gasteiger partial charge in [-0.05, 0) is 49.1 Å². The van der Waals surface area contributed by atoms with E-state index in [-0.39, 0.29) is 6.04 Å². The average Bonchev–Trinajstić information content (AvgIpc) is 2.89. The number of thiophene rings is 1. The second kappa shape index (κ2) is 6.79. The molecule has 2 rings (SSSR count). The van der Waals surface area contributed by atoms with Gasteiger partial charge in [-0.2, -0.15) is 0 Å². The Bertz CT molecular complexity index is 348. The van der Waals surface area contributed by atoms with Crippen molar-refractivity contribution in [3.63, 3.8) is 0 Å². The molecule has 3 N–H and O–H groups in total. The van der Waals surface area contributed by atoms with Crippen molar-refractivity contribution in [1.29, 1.82) is 0 Å². The fourth-order valence-electron chi connectivity index (χ4n) is 2.15. The summed E-state index contributed by atoms with van der Waals surface area (Å²) in [6.07, 6.45) is 7.47. The zero-order valence-electron chi connectivity index (χ0n) is 10.0. The van der Waals surface area contributed by atoms with E-state index in [0.717, 1.165) is 38.7 Å². The minimum Gasteiger partial charge on any atom is -0.501 e. The fourth-order valence-corrected chi connectivity index (χ4v) is 2.90. The number of nitrogens with one attached hydrogen (secondary N) is 1. The third kappa shape index (κ3) is 3.84. The highest BCUT2D eigenvalue weighted by atomic mass is 32.1. The first-order chi connectivity index (χ1) is 8.40. The second-order valence-corrected chi connectivity index (χ2v) is 5.39. The number of ether oxygens (including phenoxy) is 1. The van der Waals surface area contributed by atoms with E-state index in [0.29, 0.717) is 0 Å². The minimum absolute atomic E-state index is 0.273. The molecule has 1 aromatic heterocycles. The highest BCUT2D eigenvalue weighted by Crippen LogP contribution is 2.20. The van der Waals surface area contributed by atoms with Crippen LogP contribution in [-0.2, 0) is 11.2 Å². The number of rotatable bonds is 6. The molecular weight excluding hydrogens is 232 g/mol. The number of hydrogen-bond donors (Lipinski definition) is 2. The molecule has 0 saturated heterocycles. The molecule has 4 heteroatoms. The van der Waals surface area contributed by atoms with E-state index in [1.54, 1.807) is 0 Å². The Kier molecular flexibility index (Phi) is 5.04. The molecule has 1 aliphatic rings. The number of hydrogen-bond acceptors (Lipinski definition) is 4. The standard InChI is InChI=1S/C13H20N2OS/c14-15-13(11-4-2-8-16-10-11)7-1-5-12-6-3-9-17-12/h3,6,9-10,13,15H,1-2,4-5,7-8,14H2. The smallest absolute Gasteiger partial charge is 0.0876 e. The van der Waals surface area contributed by atoms with E-state index < -0.39 is 0 Å². The topological polar surface area (TPSA) is 47.3 Å². The summed E-state index contributed by atoms with van der Waals surface area (Å²) in [5, 5.41) is 2.13. The van der Waals surface area contributed by atoms with Crippen molar-refractivity contribution < 1.29 is 4.74 Å². The van der Waals surface area contributed by atoms with Gasteiger partial charge >= 0.3 is 0 Å². The Balaban J connectivity index is 1.77. The van der Waals surface area contributed by atoms with Gasteiger partial charge in [-0.3, -0.25) is 11.3 Å². The van der Waals surface area contributed by atoms with Crippen molar-refractivity contribution >= 4 is 11.3 Å². The van der Waals surface area contributed by atoms with Crippen LogP contribution < -0.4 is 11.3 Å². The summed E-state index contributed by atoms with van der Waals surface area (Å²) in [5.74, 6) is 5.62. The quantitative estimate of drug-likeness (QED) is 0.604. The molecular formula is C13H20N2OS. The van der Waals surface area contributed by atoms with Crippen LogP contribution in [0.1, 0.15) is 30.6 Å². The molecule has 1 aliphatic heterocycles. The molecule has 17 heavy (non-hydrogen) atoms. The van der Waals surface area contributed by atoms with Gasteiger partial charge in [-0.25, -0.2) is 0 Å². The summed E-state index contributed by atoms with van der Waals surface area (Å²) in [5.41, 5.74) is 4.22. The lowest BCUT2D eigenvalue weighted by molar-refractivity contribution is 0.218. The van der Waals surface area contributed by atoms with Crippen molar-refractivity contribution in [2.24, 2.45) is 5.84 Å². The van der Waals surface area contributed by atoms with Gasteiger partial charge in [-0.1, -0.05) is 6.07 Å². The van der Waals surface area contributed by atoms with Gasteiger partial charge < -0.3 is 4.74 Å². The van der Waals surface area contributed by atoms with E-state index in [9.17, 15) is 0 Å². The molecule has 0 saturated carbocycles. The lowest BCUT2D eigenvalue weighted by Crippen LogP contribution is -2.37. The number of hydrazine groups is 1. The van der Waals surface area contributed by atoms with E-state index in [4.69, 9.17) is 10.6 Å². The SMILES string of the molecule is NNC(CCCc1cccs1)C1=COCCC1. The molecule has 0 bridgehead atoms. The monoisotopic (exact) mass is 252 g/mol. The van der Waals surface area contributed by atoms with Crippen molar-refractivity contribution in [2.45, 2.75) is 38.1 Å². The molecule has 0 amide bonds. The summed E-state index contributed by atoms with van der Waals surface area (Å²) < 4.78 is 5.36. The third-order valence-electron chi connectivity index (χ3n) is 3.11. The maximum absolute atomic E-state index is 5.62. The van der Waals surface area contributed by atoms with Gasteiger partial charge in [0.2, 0.25) is 0 Å². The normalized spacial score (nSPS) is 17.4. The van der Waals surface area contributed by atoms with Crippen LogP contribution in [0.4, 0.5) is 0 Å². The number of nitrogens with two attached hydrogens (primary N) is 1. The maximum Gasteiger partial charge on any atom is 0.0876 e. The Hall–Kier alpha value is -0.840. The van der Waals surface area contributed by atoms with Crippen molar-refractivity contribution in [3.05, 3.63) is 34.2 Å². The Morgan fingerprint density at radius 3 is 3.12 bits per heavy atom. The van der Waals surface area contributed by atoms with Crippen LogP contribution in [0.5, 0.6) is 0 Å². The molecule has 1 aromatic rings. The summed E-state index contributed by atoms with van der Waals surface area (Å²) in [6, 6.07) is 4.57. The van der Waals surface area contributed by atoms with E-state index in [1.807, 2.05) is 17.6 Å². The molecule has 1 atom stereocenters. The van der Waals surface area contributed by atoms with Gasteiger partial charge in [0.15, 0.2) is 0 Å². The van der Waals surface area contributed by atoms with Crippen LogP contribution in [0.2, 0.25) is 0 Å². The molecule has 0 spiro atoms. The molecule has 2 heterocycles. The van der Waals surface area contributed by atoms with Crippen LogP contribution >= 0.6 is 11.3 Å². The molecule has 0 radical (unpaired) electrons. The van der Waals surface area contributed by atoms with Crippen LogP contribution in [0.3, 0.4) is 0 Å². The van der Waals surface area contributed by atoms with E-state index in [1.165, 1.54) is 10.5 Å². The first kappa shape index (κ1) is 12.6. The maximum atomic E-state index is 5.62. The molecule has 0 aromatic carbocycles. The average molecular weight is 252 g/mol. The van der Waals surface area contributed by atoms with Gasteiger partial charge in [0, 0.05) is 10.9 Å². The van der Waals surface area contributed by atoms with E-state index in [2.05, 4.69) is 22.9 Å². The number of aryl methyl sites for hydroxylation is 1. The zero-order chi connectivity index (χ0) is 11.9. The van der Waals surface area contributed by atoms with Crippen LogP contribution in [0.15, 0.2) is 29.3 Å². The highest BCUT2D eigenvalue weighted by Gasteiger charge is 2.15. The fraction of sp³-hybridized carbons (Fsp3) is 0.538. The lowest BCUT2D eigenvalue weighted by Gasteiger charge is -2.22. The lowest BCUT2D eigenvalue weighted by atomic mass is 9.97. The summed E-state index contributed by atoms with van der Waals surface area (Å²) in [7, 11) is 0. The molecule has 1 unspecified atom stereocenters. The Morgan fingerprint density at radius 2 is 2.47 bits per heavy atom. The molecule has 0 fully saturated rings. The summed E-state index contributed by atoms with van der Waals surface area (Å²) in [4.78, 5) is 1.45. The zero-order valence-corrected chi connectivity index (χ0v) is 10.8. The largest absolute Gasteiger partial charge is 0.501 e. The highest BCUT2D eigenvalue weighted by molar-refractivity contribution is 7.09. The van der Waals surface area contributed by atoms with Crippen LogP contribution in [0, 0.1) is 0 Å². The predicted octanol–water partition coefficient (Wildman–Crippen LogP) is 2.60. The molecule has 94 valence electrons. The van der Waals surface area contributed by atoms with Gasteiger partial charge in [0.05, 0.1) is 12.9 Å². The first-order valence-corrected chi connectivity index (χ1v) is 7.07. The summed E-state index contributed by atoms with van der Waals surface area (Å²) in [6.45, 7) is 0.843. The van der Waals surface area contributed by atoms with Crippen molar-refractivity contribution in [1.82, 2.24) is 5.43 Å². The van der Waals surface area contributed by atoms with Crippen molar-refractivity contribution in [2.75, 3.05) is 6.61 Å². The Morgan fingerprint density at radius 1 is 1.53 bits per heavy atom. The molecule has 3 nitrogen and oxygen atoms in total. The van der Waals surface area contributed by atoms with Gasteiger partial charge in [-0.15, -0.1) is 11.3 Å². The first-order valence-electron chi connectivity index (χ1n) is 6.19. The Labute approximate surface area is 107 Å². The third-order valence-corrected chi connectivity index (χ3v) is 4.04. The van der Waals surface area contributed by atoms with Gasteiger partial charge in [0.25, 0.3) is 0 Å². The molecule has 0 aliphatic carbocycles.